The van der Waals surface area contributed by atoms with Gasteiger partial charge in [-0.1, -0.05) is 31.2 Å². The van der Waals surface area contributed by atoms with Gasteiger partial charge in [0, 0.05) is 23.1 Å². The topological polar surface area (TPSA) is 47.6 Å². The largest absolute Gasteiger partial charge is 0.490 e. The van der Waals surface area contributed by atoms with Gasteiger partial charge in [-0.15, -0.1) is 0 Å². The lowest BCUT2D eigenvalue weighted by Crippen LogP contribution is -2.45. The first-order valence-corrected chi connectivity index (χ1v) is 9.59. The predicted molar refractivity (Wildman–Crippen MR) is 106 cm³/mol. The molecule has 0 radical (unpaired) electrons. The van der Waals surface area contributed by atoms with Crippen molar-refractivity contribution >= 4 is 22.4 Å². The maximum Gasteiger partial charge on any atom is 0.256 e. The second kappa shape index (κ2) is 7.67. The number of carbonyl (C=O) groups excluding carboxylic acids is 1. The van der Waals surface area contributed by atoms with Crippen molar-refractivity contribution in [3.63, 3.8) is 0 Å². The number of amides is 1. The Kier molecular flexibility index (Phi) is 5.52. The predicted octanol–water partition coefficient (Wildman–Crippen LogP) is 5.16. The van der Waals surface area contributed by atoms with E-state index in [1.807, 2.05) is 57.2 Å². The Morgan fingerprint density at radius 2 is 1.88 bits per heavy atom. The van der Waals surface area contributed by atoms with Gasteiger partial charge in [-0.25, -0.2) is 0 Å². The van der Waals surface area contributed by atoms with E-state index in [1.165, 1.54) is 0 Å². The number of nitrogens with one attached hydrogen (secondary N) is 1. The van der Waals surface area contributed by atoms with E-state index in [1.54, 1.807) is 0 Å². The Hall–Kier alpha value is -2.07. The van der Waals surface area contributed by atoms with Crippen LogP contribution in [-0.2, 0) is 9.53 Å². The summed E-state index contributed by atoms with van der Waals surface area (Å²) < 4.78 is 11.9. The second-order valence-electron chi connectivity index (χ2n) is 7.51. The smallest absolute Gasteiger partial charge is 0.256 e. The fourth-order valence-electron chi connectivity index (χ4n) is 3.30. The summed E-state index contributed by atoms with van der Waals surface area (Å²) in [6.45, 7) is 8.61. The third-order valence-electron chi connectivity index (χ3n) is 4.91. The molecule has 3 rings (SSSR count). The molecule has 1 atom stereocenters. The summed E-state index contributed by atoms with van der Waals surface area (Å²) in [5.41, 5.74) is 0.0400. The van der Waals surface area contributed by atoms with Crippen molar-refractivity contribution in [1.82, 2.24) is 0 Å². The quantitative estimate of drug-likeness (QED) is 0.711. The fraction of sp³-hybridized carbons (Fsp3) is 0.500. The zero-order valence-electron chi connectivity index (χ0n) is 16.2. The summed E-state index contributed by atoms with van der Waals surface area (Å²) in [4.78, 5) is 13.1. The van der Waals surface area contributed by atoms with Gasteiger partial charge in [0.05, 0.1) is 6.10 Å². The molecule has 1 saturated carbocycles. The Labute approximate surface area is 155 Å². The van der Waals surface area contributed by atoms with Gasteiger partial charge in [-0.2, -0.15) is 0 Å². The number of hydrogen-bond donors (Lipinski definition) is 1. The number of fused-ring (bicyclic) bond motifs is 1. The molecular weight excluding hydrogens is 326 g/mol. The maximum atomic E-state index is 13.1. The first-order valence-electron chi connectivity index (χ1n) is 9.59. The lowest BCUT2D eigenvalue weighted by atomic mass is 9.98. The summed E-state index contributed by atoms with van der Waals surface area (Å²) in [5, 5.41) is 5.10. The Morgan fingerprint density at radius 3 is 2.50 bits per heavy atom. The highest BCUT2D eigenvalue weighted by atomic mass is 16.5. The van der Waals surface area contributed by atoms with Crippen LogP contribution in [0.1, 0.15) is 47.0 Å². The van der Waals surface area contributed by atoms with E-state index in [0.717, 1.165) is 41.5 Å². The van der Waals surface area contributed by atoms with E-state index >= 15 is 0 Å². The SMILES string of the molecule is CCCO[C@@](C)(C(=O)Nc1ccc(OC(C)C)c2ccccc12)C1CC1. The molecule has 2 aromatic carbocycles. The van der Waals surface area contributed by atoms with E-state index in [4.69, 9.17) is 9.47 Å². The number of ether oxygens (including phenoxy) is 2. The van der Waals surface area contributed by atoms with Crippen molar-refractivity contribution in [3.8, 4) is 5.75 Å². The highest BCUT2D eigenvalue weighted by molar-refractivity contribution is 6.06. The van der Waals surface area contributed by atoms with Crippen LogP contribution in [0.4, 0.5) is 5.69 Å². The van der Waals surface area contributed by atoms with Crippen LogP contribution < -0.4 is 10.1 Å². The van der Waals surface area contributed by atoms with Crippen molar-refractivity contribution in [2.45, 2.75) is 58.7 Å². The van der Waals surface area contributed by atoms with Gasteiger partial charge in [0.2, 0.25) is 0 Å². The Morgan fingerprint density at radius 1 is 1.19 bits per heavy atom. The number of hydrogen-bond acceptors (Lipinski definition) is 3. The molecule has 1 N–H and O–H groups in total. The van der Waals surface area contributed by atoms with Gasteiger partial charge in [-0.3, -0.25) is 4.79 Å². The standard InChI is InChI=1S/C22H29NO3/c1-5-14-25-22(4,16-10-11-16)21(24)23-19-12-13-20(26-15(2)3)18-9-7-6-8-17(18)19/h6-9,12-13,15-16H,5,10-11,14H2,1-4H3,(H,23,24)/t22-/m1/s1. The zero-order valence-corrected chi connectivity index (χ0v) is 16.2. The molecule has 4 heteroatoms. The van der Waals surface area contributed by atoms with E-state index < -0.39 is 5.60 Å². The normalized spacial score (nSPS) is 16.5. The third kappa shape index (κ3) is 3.85. The minimum Gasteiger partial charge on any atom is -0.490 e. The van der Waals surface area contributed by atoms with E-state index in [-0.39, 0.29) is 12.0 Å². The molecule has 0 aromatic heterocycles. The van der Waals surface area contributed by atoms with Crippen LogP contribution in [0.5, 0.6) is 5.75 Å². The van der Waals surface area contributed by atoms with Crippen LogP contribution in [0.3, 0.4) is 0 Å². The average molecular weight is 355 g/mol. The van der Waals surface area contributed by atoms with Gasteiger partial charge in [0.15, 0.2) is 0 Å². The molecular formula is C22H29NO3. The van der Waals surface area contributed by atoms with Crippen molar-refractivity contribution in [3.05, 3.63) is 36.4 Å². The number of rotatable bonds is 8. The van der Waals surface area contributed by atoms with E-state index in [0.29, 0.717) is 12.5 Å². The van der Waals surface area contributed by atoms with E-state index in [2.05, 4.69) is 12.2 Å². The highest BCUT2D eigenvalue weighted by Crippen LogP contribution is 2.43. The van der Waals surface area contributed by atoms with E-state index in [9.17, 15) is 4.79 Å². The number of anilines is 1. The molecule has 4 nitrogen and oxygen atoms in total. The second-order valence-corrected chi connectivity index (χ2v) is 7.51. The Balaban J connectivity index is 1.89. The van der Waals surface area contributed by atoms with Crippen LogP contribution in [-0.4, -0.2) is 24.2 Å². The molecule has 0 saturated heterocycles. The average Bonchev–Trinajstić information content (AvgIpc) is 3.47. The molecule has 0 spiro atoms. The van der Waals surface area contributed by atoms with Gasteiger partial charge >= 0.3 is 0 Å². The molecule has 1 fully saturated rings. The van der Waals surface area contributed by atoms with Gasteiger partial charge in [-0.05, 0) is 58.1 Å². The molecule has 0 bridgehead atoms. The lowest BCUT2D eigenvalue weighted by Gasteiger charge is -2.29. The monoisotopic (exact) mass is 355 g/mol. The molecule has 26 heavy (non-hydrogen) atoms. The minimum atomic E-state index is -0.760. The summed E-state index contributed by atoms with van der Waals surface area (Å²) in [6, 6.07) is 11.9. The van der Waals surface area contributed by atoms with Crippen LogP contribution in [0.2, 0.25) is 0 Å². The van der Waals surface area contributed by atoms with Crippen molar-refractivity contribution in [1.29, 1.82) is 0 Å². The molecule has 1 aliphatic carbocycles. The maximum absolute atomic E-state index is 13.1. The molecule has 1 amide bonds. The molecule has 0 unspecified atom stereocenters. The molecule has 0 aliphatic heterocycles. The van der Waals surface area contributed by atoms with Gasteiger partial charge < -0.3 is 14.8 Å². The summed E-state index contributed by atoms with van der Waals surface area (Å²) in [7, 11) is 0. The summed E-state index contributed by atoms with van der Waals surface area (Å²) in [6.07, 6.45) is 3.10. The van der Waals surface area contributed by atoms with Crippen LogP contribution in [0.15, 0.2) is 36.4 Å². The van der Waals surface area contributed by atoms with Crippen molar-refractivity contribution in [2.24, 2.45) is 5.92 Å². The summed E-state index contributed by atoms with van der Waals surface area (Å²) in [5.74, 6) is 1.08. The van der Waals surface area contributed by atoms with Gasteiger partial charge in [0.1, 0.15) is 11.4 Å². The third-order valence-corrected chi connectivity index (χ3v) is 4.91. The van der Waals surface area contributed by atoms with Crippen molar-refractivity contribution in [2.75, 3.05) is 11.9 Å². The van der Waals surface area contributed by atoms with Crippen LogP contribution >= 0.6 is 0 Å². The van der Waals surface area contributed by atoms with Gasteiger partial charge in [0.25, 0.3) is 5.91 Å². The summed E-state index contributed by atoms with van der Waals surface area (Å²) >= 11 is 0. The first kappa shape index (κ1) is 18.7. The number of benzene rings is 2. The zero-order chi connectivity index (χ0) is 18.7. The molecule has 2 aromatic rings. The highest BCUT2D eigenvalue weighted by Gasteiger charge is 2.48. The first-order chi connectivity index (χ1) is 12.5. The fourth-order valence-corrected chi connectivity index (χ4v) is 3.30. The number of carbonyl (C=O) groups is 1. The molecule has 140 valence electrons. The minimum absolute atomic E-state index is 0.0591. The van der Waals surface area contributed by atoms with Crippen LogP contribution in [0.25, 0.3) is 10.8 Å². The van der Waals surface area contributed by atoms with Crippen molar-refractivity contribution < 1.29 is 14.3 Å². The molecule has 1 aliphatic rings. The van der Waals surface area contributed by atoms with Crippen LogP contribution in [0, 0.1) is 5.92 Å². The lowest BCUT2D eigenvalue weighted by molar-refractivity contribution is -0.142. The molecule has 0 heterocycles. The Bertz CT molecular complexity index is 782.